The fourth-order valence-corrected chi connectivity index (χ4v) is 3.96. The Morgan fingerprint density at radius 2 is 2.00 bits per heavy atom. The second-order valence-corrected chi connectivity index (χ2v) is 7.66. The Kier molecular flexibility index (Phi) is 6.54. The van der Waals surface area contributed by atoms with E-state index in [4.69, 9.17) is 5.73 Å². The van der Waals surface area contributed by atoms with Gasteiger partial charge in [-0.25, -0.2) is 0 Å². The van der Waals surface area contributed by atoms with E-state index in [9.17, 15) is 15.0 Å². The summed E-state index contributed by atoms with van der Waals surface area (Å²) in [6.07, 6.45) is 2.56. The minimum atomic E-state index is -0.759. The van der Waals surface area contributed by atoms with Crippen molar-refractivity contribution in [2.75, 3.05) is 25.0 Å². The molecule has 0 radical (unpaired) electrons. The summed E-state index contributed by atoms with van der Waals surface area (Å²) in [5.41, 5.74) is 7.08. The molecule has 28 heavy (non-hydrogen) atoms. The third kappa shape index (κ3) is 5.03. The normalized spacial score (nSPS) is 20.1. The number of aliphatic hydroxyl groups is 1. The number of hydrogen-bond acceptors (Lipinski definition) is 5. The van der Waals surface area contributed by atoms with Crippen molar-refractivity contribution in [2.45, 2.75) is 31.4 Å². The van der Waals surface area contributed by atoms with Crippen molar-refractivity contribution in [1.82, 2.24) is 5.32 Å². The van der Waals surface area contributed by atoms with Crippen molar-refractivity contribution in [3.05, 3.63) is 59.7 Å². The van der Waals surface area contributed by atoms with Crippen LogP contribution in [0.1, 0.15) is 41.3 Å². The third-order valence-corrected chi connectivity index (χ3v) is 5.54. The summed E-state index contributed by atoms with van der Waals surface area (Å²) in [6, 6.07) is 15.2. The Bertz CT molecular complexity index is 797. The lowest BCUT2D eigenvalue weighted by molar-refractivity contribution is 0.0997. The van der Waals surface area contributed by atoms with Crippen molar-refractivity contribution < 1.29 is 15.0 Å². The first-order valence-corrected chi connectivity index (χ1v) is 9.74. The number of aliphatic hydroxyl groups excluding tert-OH is 1. The van der Waals surface area contributed by atoms with Gasteiger partial charge < -0.3 is 26.2 Å². The number of primary amides is 1. The lowest BCUT2D eigenvalue weighted by Gasteiger charge is -2.23. The van der Waals surface area contributed by atoms with Gasteiger partial charge in [0.05, 0.1) is 11.7 Å². The molecule has 3 unspecified atom stereocenters. The maximum Gasteiger partial charge on any atom is 0.252 e. The van der Waals surface area contributed by atoms with Gasteiger partial charge in [0, 0.05) is 31.9 Å². The van der Waals surface area contributed by atoms with Crippen LogP contribution >= 0.6 is 0 Å². The van der Waals surface area contributed by atoms with Crippen molar-refractivity contribution >= 4 is 11.6 Å². The molecule has 1 aliphatic rings. The summed E-state index contributed by atoms with van der Waals surface area (Å²) in [6.45, 7) is 1.42. The molecule has 1 amide bonds. The van der Waals surface area contributed by atoms with Crippen LogP contribution in [0.25, 0.3) is 0 Å². The Morgan fingerprint density at radius 1 is 1.25 bits per heavy atom. The van der Waals surface area contributed by atoms with Gasteiger partial charge in [-0.3, -0.25) is 4.79 Å². The van der Waals surface area contributed by atoms with Gasteiger partial charge in [-0.05, 0) is 55.0 Å². The number of rotatable bonds is 8. The van der Waals surface area contributed by atoms with Crippen LogP contribution in [0.2, 0.25) is 0 Å². The quantitative estimate of drug-likeness (QED) is 0.561. The van der Waals surface area contributed by atoms with E-state index in [2.05, 4.69) is 41.5 Å². The number of nitrogens with two attached hydrogens (primary N) is 1. The minimum Gasteiger partial charge on any atom is -0.507 e. The zero-order valence-corrected chi connectivity index (χ0v) is 16.2. The number of benzene rings is 2. The summed E-state index contributed by atoms with van der Waals surface area (Å²) < 4.78 is 0. The number of para-hydroxylation sites is 1. The van der Waals surface area contributed by atoms with Gasteiger partial charge in [0.1, 0.15) is 5.75 Å². The van der Waals surface area contributed by atoms with Crippen molar-refractivity contribution in [2.24, 2.45) is 11.7 Å². The first kappa shape index (κ1) is 20.2. The van der Waals surface area contributed by atoms with Crippen LogP contribution in [0.3, 0.4) is 0 Å². The Hall–Kier alpha value is -2.57. The first-order chi connectivity index (χ1) is 13.4. The second kappa shape index (κ2) is 9.08. The molecule has 2 aromatic carbocycles. The topological polar surface area (TPSA) is 98.8 Å². The molecule has 6 heteroatoms. The zero-order chi connectivity index (χ0) is 20.1. The minimum absolute atomic E-state index is 0.0291. The van der Waals surface area contributed by atoms with E-state index in [1.165, 1.54) is 17.8 Å². The predicted molar refractivity (Wildman–Crippen MR) is 110 cm³/mol. The highest BCUT2D eigenvalue weighted by Gasteiger charge is 2.26. The number of amides is 1. The Balaban J connectivity index is 1.48. The van der Waals surface area contributed by atoms with Gasteiger partial charge in [-0.1, -0.05) is 24.3 Å². The van der Waals surface area contributed by atoms with E-state index in [0.717, 1.165) is 25.8 Å². The van der Waals surface area contributed by atoms with E-state index in [1.807, 2.05) is 6.07 Å². The van der Waals surface area contributed by atoms with Crippen LogP contribution in [0, 0.1) is 5.92 Å². The molecule has 1 aliphatic carbocycles. The summed E-state index contributed by atoms with van der Waals surface area (Å²) in [4.78, 5) is 13.6. The molecule has 0 aliphatic heterocycles. The van der Waals surface area contributed by atoms with E-state index in [0.29, 0.717) is 24.1 Å². The number of phenols is 1. The smallest absolute Gasteiger partial charge is 0.252 e. The molecule has 0 bridgehead atoms. The summed E-state index contributed by atoms with van der Waals surface area (Å²) >= 11 is 0. The average molecular weight is 383 g/mol. The summed E-state index contributed by atoms with van der Waals surface area (Å²) in [5.74, 6) is -0.256. The number of aromatic hydroxyl groups is 1. The number of nitrogens with one attached hydrogen (secondary N) is 1. The highest BCUT2D eigenvalue weighted by molar-refractivity contribution is 5.95. The SMILES string of the molecule is CN(CC1CCC(NCC(O)c2ccc(O)c(C(N)=O)c2)C1)c1ccccc1. The maximum absolute atomic E-state index is 11.4. The number of carbonyl (C=O) groups is 1. The van der Waals surface area contributed by atoms with Crippen molar-refractivity contribution in [3.8, 4) is 5.75 Å². The average Bonchev–Trinajstić information content (AvgIpc) is 3.14. The van der Waals surface area contributed by atoms with Crippen LogP contribution in [0.15, 0.2) is 48.5 Å². The van der Waals surface area contributed by atoms with Gasteiger partial charge in [0.2, 0.25) is 0 Å². The molecular weight excluding hydrogens is 354 g/mol. The molecule has 0 aromatic heterocycles. The van der Waals surface area contributed by atoms with Crippen LogP contribution in [-0.4, -0.2) is 42.3 Å². The molecule has 0 saturated heterocycles. The molecule has 3 rings (SSSR count). The standard InChI is InChI=1S/C22H29N3O3/c1-25(18-5-3-2-4-6-18)14-15-7-9-17(11-15)24-13-21(27)16-8-10-20(26)19(12-16)22(23)28/h2-6,8,10,12,15,17,21,24,26-27H,7,9,11,13-14H2,1H3,(H2,23,28). The monoisotopic (exact) mass is 383 g/mol. The van der Waals surface area contributed by atoms with Crippen molar-refractivity contribution in [3.63, 3.8) is 0 Å². The van der Waals surface area contributed by atoms with E-state index < -0.39 is 12.0 Å². The van der Waals surface area contributed by atoms with Gasteiger partial charge >= 0.3 is 0 Å². The highest BCUT2D eigenvalue weighted by Crippen LogP contribution is 2.28. The molecule has 150 valence electrons. The molecular formula is C22H29N3O3. The predicted octanol–water partition coefficient (Wildman–Crippen LogP) is 2.42. The number of anilines is 1. The summed E-state index contributed by atoms with van der Waals surface area (Å²) in [5, 5.41) is 23.5. The lowest BCUT2D eigenvalue weighted by Crippen LogP contribution is -2.32. The number of hydrogen-bond donors (Lipinski definition) is 4. The largest absolute Gasteiger partial charge is 0.507 e. The van der Waals surface area contributed by atoms with Gasteiger partial charge in [-0.2, -0.15) is 0 Å². The molecule has 3 atom stereocenters. The Labute approximate surface area is 166 Å². The molecule has 0 heterocycles. The molecule has 2 aromatic rings. The van der Waals surface area contributed by atoms with E-state index in [1.54, 1.807) is 6.07 Å². The second-order valence-electron chi connectivity index (χ2n) is 7.66. The molecule has 0 spiro atoms. The van der Waals surface area contributed by atoms with Gasteiger partial charge in [0.15, 0.2) is 0 Å². The molecule has 1 saturated carbocycles. The van der Waals surface area contributed by atoms with Gasteiger partial charge in [0.25, 0.3) is 5.91 Å². The zero-order valence-electron chi connectivity index (χ0n) is 16.2. The van der Waals surface area contributed by atoms with E-state index in [-0.39, 0.29) is 11.3 Å². The van der Waals surface area contributed by atoms with Crippen LogP contribution in [0.5, 0.6) is 5.75 Å². The molecule has 1 fully saturated rings. The highest BCUT2D eigenvalue weighted by atomic mass is 16.3. The van der Waals surface area contributed by atoms with Gasteiger partial charge in [-0.15, -0.1) is 0 Å². The number of nitrogens with zero attached hydrogens (tertiary/aromatic N) is 1. The van der Waals surface area contributed by atoms with Crippen LogP contribution < -0.4 is 16.0 Å². The summed E-state index contributed by atoms with van der Waals surface area (Å²) in [7, 11) is 2.13. The van der Waals surface area contributed by atoms with Crippen LogP contribution in [-0.2, 0) is 0 Å². The molecule has 5 N–H and O–H groups in total. The molecule has 6 nitrogen and oxygen atoms in total. The van der Waals surface area contributed by atoms with Crippen molar-refractivity contribution in [1.29, 1.82) is 0 Å². The first-order valence-electron chi connectivity index (χ1n) is 9.74. The lowest BCUT2D eigenvalue weighted by atomic mass is 10.0. The third-order valence-electron chi connectivity index (χ3n) is 5.54. The number of carbonyl (C=O) groups excluding carboxylic acids is 1. The Morgan fingerprint density at radius 3 is 2.71 bits per heavy atom. The fraction of sp³-hybridized carbons (Fsp3) is 0.409. The van der Waals surface area contributed by atoms with Crippen LogP contribution in [0.4, 0.5) is 5.69 Å². The maximum atomic E-state index is 11.4. The van der Waals surface area contributed by atoms with E-state index >= 15 is 0 Å². The fourth-order valence-electron chi connectivity index (χ4n) is 3.96.